The summed E-state index contributed by atoms with van der Waals surface area (Å²) >= 11 is 1.58. The van der Waals surface area contributed by atoms with E-state index in [0.29, 0.717) is 26.1 Å². The number of hydrogen-bond acceptors (Lipinski definition) is 5. The fourth-order valence-electron chi connectivity index (χ4n) is 7.36. The smallest absolute Gasteiger partial charge is 0.251 e. The number of aryl methyl sites for hydroxylation is 2. The molecule has 220 valence electrons. The van der Waals surface area contributed by atoms with Crippen LogP contribution < -0.4 is 4.90 Å². The average Bonchev–Trinajstić information content (AvgIpc) is 3.31. The summed E-state index contributed by atoms with van der Waals surface area (Å²) in [5, 5.41) is 10.5. The molecule has 4 aliphatic rings. The molecule has 4 aliphatic heterocycles. The van der Waals surface area contributed by atoms with Crippen LogP contribution in [0.4, 0.5) is 5.69 Å². The van der Waals surface area contributed by atoms with E-state index < -0.39 is 28.7 Å². The Morgan fingerprint density at radius 3 is 2.52 bits per heavy atom. The van der Waals surface area contributed by atoms with Crippen LogP contribution >= 0.6 is 11.8 Å². The summed E-state index contributed by atoms with van der Waals surface area (Å²) in [6.07, 6.45) is 9.41. The molecule has 0 aliphatic carbocycles. The van der Waals surface area contributed by atoms with Crippen LogP contribution in [0, 0.1) is 25.7 Å². The standard InChI is InChI=1S/C34H39N3O4S/c1-4-16-35-17-8-12-27-28(31(35)39)29-32(40)37(25(21-38)20-24-10-6-5-7-11-24)30-33(41)36(18-9-15-34(29,30)42-27)26-19-22(2)13-14-23(26)3/h5-15,19,25,27-30,38H,4,16-18,20-21H2,1-3H3/t25-,27-,28+,29+,30?,34+/m1/s1. The molecule has 6 atom stereocenters. The van der Waals surface area contributed by atoms with Crippen LogP contribution in [0.2, 0.25) is 0 Å². The molecular weight excluding hydrogens is 546 g/mol. The molecule has 2 saturated heterocycles. The third kappa shape index (κ3) is 4.60. The quantitative estimate of drug-likeness (QED) is 0.499. The SMILES string of the molecule is CCCN1CC=C[C@H]2S[C@]34C=CCN(c5cc(C)ccc5C)C(=O)C3N([C@@H](CO)Cc3ccccc3)C(=O)[C@@H]4[C@H]2C1=O. The number of aliphatic hydroxyl groups excluding tert-OH is 1. The average molecular weight is 586 g/mol. The third-order valence-electron chi connectivity index (χ3n) is 9.25. The lowest BCUT2D eigenvalue weighted by molar-refractivity contribution is -0.144. The summed E-state index contributed by atoms with van der Waals surface area (Å²) in [5.41, 5.74) is 3.83. The topological polar surface area (TPSA) is 81.2 Å². The first-order chi connectivity index (χ1) is 20.3. The Labute approximate surface area is 252 Å². The number of likely N-dealkylation sites (tertiary alicyclic amines) is 1. The van der Waals surface area contributed by atoms with Crippen molar-refractivity contribution in [3.63, 3.8) is 0 Å². The lowest BCUT2D eigenvalue weighted by Gasteiger charge is -2.38. The molecule has 0 saturated carbocycles. The lowest BCUT2D eigenvalue weighted by Crippen LogP contribution is -2.57. The second kappa shape index (κ2) is 11.4. The van der Waals surface area contributed by atoms with Crippen molar-refractivity contribution in [2.45, 2.75) is 55.7 Å². The second-order valence-corrected chi connectivity index (χ2v) is 13.5. The first kappa shape index (κ1) is 28.7. The third-order valence-corrected chi connectivity index (χ3v) is 11.0. The molecule has 2 aromatic rings. The van der Waals surface area contributed by atoms with Gasteiger partial charge in [0.05, 0.1) is 29.2 Å². The minimum absolute atomic E-state index is 0.0183. The van der Waals surface area contributed by atoms with Crippen molar-refractivity contribution in [2.24, 2.45) is 11.8 Å². The summed E-state index contributed by atoms with van der Waals surface area (Å²) in [6, 6.07) is 14.4. The maximum atomic E-state index is 14.9. The van der Waals surface area contributed by atoms with E-state index in [4.69, 9.17) is 0 Å². The van der Waals surface area contributed by atoms with Gasteiger partial charge in [0.15, 0.2) is 0 Å². The van der Waals surface area contributed by atoms with E-state index in [2.05, 4.69) is 6.08 Å². The maximum Gasteiger partial charge on any atom is 0.251 e. The number of carbonyl (C=O) groups is 3. The van der Waals surface area contributed by atoms with Crippen LogP contribution in [-0.4, -0.2) is 80.9 Å². The van der Waals surface area contributed by atoms with E-state index >= 15 is 0 Å². The number of benzene rings is 2. The van der Waals surface area contributed by atoms with E-state index in [-0.39, 0.29) is 29.6 Å². The maximum absolute atomic E-state index is 14.9. The van der Waals surface area contributed by atoms with Gasteiger partial charge >= 0.3 is 0 Å². The van der Waals surface area contributed by atoms with Crippen molar-refractivity contribution in [3.8, 4) is 0 Å². The van der Waals surface area contributed by atoms with Gasteiger partial charge in [-0.15, -0.1) is 11.8 Å². The molecule has 7 nitrogen and oxygen atoms in total. The van der Waals surface area contributed by atoms with Gasteiger partial charge in [0, 0.05) is 30.6 Å². The number of hydrogen-bond donors (Lipinski definition) is 1. The Morgan fingerprint density at radius 2 is 1.79 bits per heavy atom. The van der Waals surface area contributed by atoms with Crippen LogP contribution in [0.5, 0.6) is 0 Å². The number of amides is 3. The molecule has 3 amide bonds. The zero-order valence-electron chi connectivity index (χ0n) is 24.5. The predicted octanol–water partition coefficient (Wildman–Crippen LogP) is 3.92. The minimum Gasteiger partial charge on any atom is -0.394 e. The van der Waals surface area contributed by atoms with Crippen LogP contribution in [0.3, 0.4) is 0 Å². The molecular formula is C34H39N3O4S. The highest BCUT2D eigenvalue weighted by Crippen LogP contribution is 2.61. The number of nitrogens with zero attached hydrogens (tertiary/aromatic N) is 3. The van der Waals surface area contributed by atoms with E-state index in [9.17, 15) is 19.5 Å². The van der Waals surface area contributed by atoms with E-state index in [1.165, 1.54) is 0 Å². The van der Waals surface area contributed by atoms with Gasteiger partial charge < -0.3 is 19.8 Å². The van der Waals surface area contributed by atoms with Gasteiger partial charge in [0.2, 0.25) is 11.8 Å². The molecule has 6 rings (SSSR count). The largest absolute Gasteiger partial charge is 0.394 e. The summed E-state index contributed by atoms with van der Waals surface area (Å²) in [4.78, 5) is 49.0. The molecule has 0 bridgehead atoms. The van der Waals surface area contributed by atoms with Crippen LogP contribution in [0.1, 0.15) is 30.0 Å². The van der Waals surface area contributed by atoms with Crippen molar-refractivity contribution in [3.05, 3.63) is 89.5 Å². The van der Waals surface area contributed by atoms with Crippen LogP contribution in [0.25, 0.3) is 0 Å². The first-order valence-electron chi connectivity index (χ1n) is 15.0. The molecule has 1 unspecified atom stereocenters. The number of thioether (sulfide) groups is 1. The van der Waals surface area contributed by atoms with Gasteiger partial charge in [-0.3, -0.25) is 14.4 Å². The van der Waals surface area contributed by atoms with Crippen molar-refractivity contribution in [2.75, 3.05) is 31.1 Å². The monoisotopic (exact) mass is 585 g/mol. The van der Waals surface area contributed by atoms with Gasteiger partial charge in [0.25, 0.3) is 5.91 Å². The van der Waals surface area contributed by atoms with Crippen molar-refractivity contribution in [1.29, 1.82) is 0 Å². The van der Waals surface area contributed by atoms with E-state index in [1.807, 2.05) is 92.4 Å². The zero-order chi connectivity index (χ0) is 29.6. The lowest BCUT2D eigenvalue weighted by atomic mass is 9.78. The Morgan fingerprint density at radius 1 is 1.00 bits per heavy atom. The van der Waals surface area contributed by atoms with Crippen molar-refractivity contribution < 1.29 is 19.5 Å². The molecule has 2 fully saturated rings. The number of aliphatic hydroxyl groups is 1. The zero-order valence-corrected chi connectivity index (χ0v) is 25.3. The van der Waals surface area contributed by atoms with Gasteiger partial charge in [-0.2, -0.15) is 0 Å². The Bertz CT molecular complexity index is 1440. The molecule has 1 N–H and O–H groups in total. The number of anilines is 1. The fourth-order valence-corrected chi connectivity index (χ4v) is 9.35. The van der Waals surface area contributed by atoms with Gasteiger partial charge in [-0.05, 0) is 49.4 Å². The molecule has 1 spiro atoms. The highest BCUT2D eigenvalue weighted by atomic mass is 32.2. The summed E-state index contributed by atoms with van der Waals surface area (Å²) in [7, 11) is 0. The molecule has 4 heterocycles. The summed E-state index contributed by atoms with van der Waals surface area (Å²) < 4.78 is -0.921. The van der Waals surface area contributed by atoms with Crippen molar-refractivity contribution in [1.82, 2.24) is 9.80 Å². The Hall–Kier alpha value is -3.36. The molecule has 42 heavy (non-hydrogen) atoms. The Balaban J connectivity index is 1.48. The van der Waals surface area contributed by atoms with Gasteiger partial charge in [-0.25, -0.2) is 0 Å². The fraction of sp³-hybridized carbons (Fsp3) is 0.441. The molecule has 0 aromatic heterocycles. The number of rotatable bonds is 7. The van der Waals surface area contributed by atoms with Crippen molar-refractivity contribution >= 4 is 35.2 Å². The highest BCUT2D eigenvalue weighted by Gasteiger charge is 2.71. The molecule has 8 heteroatoms. The molecule has 0 radical (unpaired) electrons. The summed E-state index contributed by atoms with van der Waals surface area (Å²) in [6.45, 7) is 7.30. The normalized spacial score (nSPS) is 29.3. The second-order valence-electron chi connectivity index (χ2n) is 12.0. The number of fused-ring (bicyclic) bond motifs is 2. The van der Waals surface area contributed by atoms with E-state index in [0.717, 1.165) is 28.8 Å². The number of carbonyl (C=O) groups excluding carboxylic acids is 3. The highest BCUT2D eigenvalue weighted by molar-refractivity contribution is 8.02. The summed E-state index contributed by atoms with van der Waals surface area (Å²) in [5.74, 6) is -1.66. The van der Waals surface area contributed by atoms with Gasteiger partial charge in [0.1, 0.15) is 6.04 Å². The van der Waals surface area contributed by atoms with Gasteiger partial charge in [-0.1, -0.05) is 73.7 Å². The van der Waals surface area contributed by atoms with E-state index in [1.54, 1.807) is 21.6 Å². The minimum atomic E-state index is -0.921. The molecule has 2 aromatic carbocycles. The van der Waals surface area contributed by atoms with Crippen LogP contribution in [0.15, 0.2) is 72.8 Å². The Kier molecular flexibility index (Phi) is 7.79. The predicted molar refractivity (Wildman–Crippen MR) is 166 cm³/mol. The van der Waals surface area contributed by atoms with Crippen LogP contribution in [-0.2, 0) is 20.8 Å². The first-order valence-corrected chi connectivity index (χ1v) is 15.8.